The van der Waals surface area contributed by atoms with Gasteiger partial charge in [-0.1, -0.05) is 12.5 Å². The molecular weight excluding hydrogens is 226 g/mol. The van der Waals surface area contributed by atoms with E-state index in [1.165, 1.54) is 18.4 Å². The monoisotopic (exact) mass is 243 g/mol. The van der Waals surface area contributed by atoms with E-state index in [4.69, 9.17) is 0 Å². The van der Waals surface area contributed by atoms with Crippen LogP contribution in [0.1, 0.15) is 48.3 Å². The summed E-state index contributed by atoms with van der Waals surface area (Å²) in [5, 5.41) is 3.53. The number of carbonyl (C=O) groups is 1. The zero-order valence-electron chi connectivity index (χ0n) is 10.5. The number of imidazole rings is 1. The average molecular weight is 243 g/mol. The Morgan fingerprint density at radius 1 is 1.44 bits per heavy atom. The highest BCUT2D eigenvalue weighted by Crippen LogP contribution is 2.26. The number of nitrogens with one attached hydrogen (secondary N) is 1. The van der Waals surface area contributed by atoms with Gasteiger partial charge < -0.3 is 5.32 Å². The van der Waals surface area contributed by atoms with Crippen molar-refractivity contribution in [3.05, 3.63) is 35.8 Å². The fourth-order valence-corrected chi connectivity index (χ4v) is 2.71. The van der Waals surface area contributed by atoms with Gasteiger partial charge in [-0.3, -0.25) is 9.20 Å². The van der Waals surface area contributed by atoms with Crippen LogP contribution in [-0.2, 0) is 0 Å². The highest BCUT2D eigenvalue weighted by molar-refractivity contribution is 5.93. The molecule has 1 saturated heterocycles. The van der Waals surface area contributed by atoms with Crippen molar-refractivity contribution in [1.29, 1.82) is 0 Å². The number of piperidine rings is 1. The van der Waals surface area contributed by atoms with Gasteiger partial charge in [-0.05, 0) is 25.5 Å². The van der Waals surface area contributed by atoms with E-state index in [0.717, 1.165) is 18.6 Å². The first-order valence-electron chi connectivity index (χ1n) is 6.47. The number of hydrogen-bond acceptors (Lipinski definition) is 3. The molecule has 1 fully saturated rings. The van der Waals surface area contributed by atoms with E-state index in [2.05, 4.69) is 10.3 Å². The van der Waals surface area contributed by atoms with Crippen molar-refractivity contribution >= 4 is 11.4 Å². The van der Waals surface area contributed by atoms with Crippen molar-refractivity contribution in [1.82, 2.24) is 14.7 Å². The average Bonchev–Trinajstić information content (AvgIpc) is 2.87. The molecule has 2 aromatic rings. The summed E-state index contributed by atoms with van der Waals surface area (Å²) < 4.78 is 1.90. The molecule has 1 atom stereocenters. The Bertz CT molecular complexity index is 582. The molecule has 0 radical (unpaired) electrons. The van der Waals surface area contributed by atoms with Gasteiger partial charge in [0.05, 0.1) is 5.69 Å². The molecule has 4 nitrogen and oxygen atoms in total. The Morgan fingerprint density at radius 3 is 3.06 bits per heavy atom. The van der Waals surface area contributed by atoms with E-state index in [-0.39, 0.29) is 5.78 Å². The van der Waals surface area contributed by atoms with E-state index >= 15 is 0 Å². The van der Waals surface area contributed by atoms with E-state index in [1.807, 2.05) is 22.7 Å². The minimum absolute atomic E-state index is 0.0705. The van der Waals surface area contributed by atoms with Crippen molar-refractivity contribution < 1.29 is 4.79 Å². The summed E-state index contributed by atoms with van der Waals surface area (Å²) in [6.45, 7) is 2.65. The molecule has 0 amide bonds. The van der Waals surface area contributed by atoms with Gasteiger partial charge in [0.2, 0.25) is 0 Å². The summed E-state index contributed by atoms with van der Waals surface area (Å²) in [7, 11) is 0. The topological polar surface area (TPSA) is 46.4 Å². The van der Waals surface area contributed by atoms with Gasteiger partial charge in [0.1, 0.15) is 5.65 Å². The van der Waals surface area contributed by atoms with Crippen LogP contribution in [0.25, 0.3) is 5.65 Å². The highest BCUT2D eigenvalue weighted by Gasteiger charge is 2.19. The quantitative estimate of drug-likeness (QED) is 0.824. The Kier molecular flexibility index (Phi) is 2.88. The van der Waals surface area contributed by atoms with Gasteiger partial charge in [-0.15, -0.1) is 0 Å². The summed E-state index contributed by atoms with van der Waals surface area (Å²) in [4.78, 5) is 16.0. The predicted molar refractivity (Wildman–Crippen MR) is 69.8 cm³/mol. The molecular formula is C14H17N3O. The zero-order chi connectivity index (χ0) is 12.5. The van der Waals surface area contributed by atoms with Gasteiger partial charge in [0.25, 0.3) is 0 Å². The molecule has 1 aliphatic heterocycles. The first kappa shape index (κ1) is 11.4. The van der Waals surface area contributed by atoms with Crippen molar-refractivity contribution in [3.63, 3.8) is 0 Å². The van der Waals surface area contributed by atoms with Gasteiger partial charge in [0.15, 0.2) is 5.78 Å². The van der Waals surface area contributed by atoms with E-state index in [0.29, 0.717) is 11.7 Å². The molecule has 3 rings (SSSR count). The number of pyridine rings is 1. The van der Waals surface area contributed by atoms with Gasteiger partial charge in [-0.2, -0.15) is 0 Å². The second-order valence-electron chi connectivity index (χ2n) is 4.85. The molecule has 0 aliphatic carbocycles. The minimum atomic E-state index is 0.0705. The van der Waals surface area contributed by atoms with E-state index in [1.54, 1.807) is 13.1 Å². The van der Waals surface area contributed by atoms with Crippen LogP contribution in [0.5, 0.6) is 0 Å². The Labute approximate surface area is 106 Å². The highest BCUT2D eigenvalue weighted by atomic mass is 16.1. The SMILES string of the molecule is CC(=O)c1ccc(C2CCCCN2)c2nccn12. The van der Waals surface area contributed by atoms with Crippen molar-refractivity contribution in [2.24, 2.45) is 0 Å². The number of carbonyl (C=O) groups excluding carboxylic acids is 1. The lowest BCUT2D eigenvalue weighted by molar-refractivity contribution is 0.101. The number of hydrogen-bond donors (Lipinski definition) is 1. The van der Waals surface area contributed by atoms with Gasteiger partial charge in [-0.25, -0.2) is 4.98 Å². The second kappa shape index (κ2) is 4.53. The van der Waals surface area contributed by atoms with Gasteiger partial charge in [0, 0.05) is 30.9 Å². The smallest absolute Gasteiger partial charge is 0.176 e. The maximum absolute atomic E-state index is 11.6. The maximum Gasteiger partial charge on any atom is 0.176 e. The van der Waals surface area contributed by atoms with Crippen LogP contribution >= 0.6 is 0 Å². The largest absolute Gasteiger partial charge is 0.310 e. The van der Waals surface area contributed by atoms with Crippen LogP contribution in [0.4, 0.5) is 0 Å². The first-order valence-corrected chi connectivity index (χ1v) is 6.47. The van der Waals surface area contributed by atoms with Crippen LogP contribution in [0, 0.1) is 0 Å². The molecule has 4 heteroatoms. The summed E-state index contributed by atoms with van der Waals surface area (Å²) in [5.74, 6) is 0.0705. The van der Waals surface area contributed by atoms with Crippen LogP contribution < -0.4 is 5.32 Å². The summed E-state index contributed by atoms with van der Waals surface area (Å²) in [6.07, 6.45) is 7.25. The Balaban J connectivity index is 2.10. The Hall–Kier alpha value is -1.68. The number of Topliss-reactive ketones (excluding diaryl/α,β-unsaturated/α-hetero) is 1. The standard InChI is InChI=1S/C14H17N3O/c1-10(18)13-6-5-11(12-4-2-3-7-15-12)14-16-8-9-17(13)14/h5-6,8-9,12,15H,2-4,7H2,1H3. The molecule has 0 spiro atoms. The molecule has 3 heterocycles. The molecule has 1 unspecified atom stereocenters. The molecule has 0 bridgehead atoms. The minimum Gasteiger partial charge on any atom is -0.310 e. The lowest BCUT2D eigenvalue weighted by atomic mass is 9.98. The second-order valence-corrected chi connectivity index (χ2v) is 4.85. The predicted octanol–water partition coefficient (Wildman–Crippen LogP) is 2.35. The van der Waals surface area contributed by atoms with Crippen molar-refractivity contribution in [2.75, 3.05) is 6.54 Å². The van der Waals surface area contributed by atoms with Crippen molar-refractivity contribution in [3.8, 4) is 0 Å². The fourth-order valence-electron chi connectivity index (χ4n) is 2.71. The number of nitrogens with zero attached hydrogens (tertiary/aromatic N) is 2. The van der Waals surface area contributed by atoms with E-state index in [9.17, 15) is 4.79 Å². The van der Waals surface area contributed by atoms with Crippen LogP contribution in [-0.4, -0.2) is 21.7 Å². The third-order valence-corrected chi connectivity index (χ3v) is 3.63. The number of rotatable bonds is 2. The number of ketones is 1. The third kappa shape index (κ3) is 1.82. The molecule has 0 aromatic carbocycles. The van der Waals surface area contributed by atoms with Crippen molar-refractivity contribution in [2.45, 2.75) is 32.2 Å². The molecule has 2 aromatic heterocycles. The van der Waals surface area contributed by atoms with E-state index < -0.39 is 0 Å². The molecule has 94 valence electrons. The lowest BCUT2D eigenvalue weighted by Gasteiger charge is -2.24. The number of aromatic nitrogens is 2. The molecule has 0 saturated carbocycles. The van der Waals surface area contributed by atoms with Crippen LogP contribution in [0.15, 0.2) is 24.5 Å². The normalized spacial score (nSPS) is 20.2. The molecule has 1 N–H and O–H groups in total. The Morgan fingerprint density at radius 2 is 2.33 bits per heavy atom. The summed E-state index contributed by atoms with van der Waals surface area (Å²) in [6, 6.07) is 4.31. The summed E-state index contributed by atoms with van der Waals surface area (Å²) >= 11 is 0. The summed E-state index contributed by atoms with van der Waals surface area (Å²) in [5.41, 5.74) is 2.80. The van der Waals surface area contributed by atoms with Crippen LogP contribution in [0.2, 0.25) is 0 Å². The zero-order valence-corrected chi connectivity index (χ0v) is 10.5. The van der Waals surface area contributed by atoms with Crippen LogP contribution in [0.3, 0.4) is 0 Å². The molecule has 18 heavy (non-hydrogen) atoms. The number of fused-ring (bicyclic) bond motifs is 1. The fraction of sp³-hybridized carbons (Fsp3) is 0.429. The first-order chi connectivity index (χ1) is 8.77. The maximum atomic E-state index is 11.6. The lowest BCUT2D eigenvalue weighted by Crippen LogP contribution is -2.27. The third-order valence-electron chi connectivity index (χ3n) is 3.63. The molecule has 1 aliphatic rings. The van der Waals surface area contributed by atoms with Gasteiger partial charge >= 0.3 is 0 Å².